The molecule has 4 nitrogen and oxygen atoms in total. The Morgan fingerprint density at radius 1 is 1.07 bits per heavy atom. The average Bonchev–Trinajstić information content (AvgIpc) is 3.15. The number of anilines is 1. The van der Waals surface area contributed by atoms with Gasteiger partial charge in [0.2, 0.25) is 0 Å². The molecule has 3 aromatic carbocycles. The van der Waals surface area contributed by atoms with Crippen molar-refractivity contribution in [2.24, 2.45) is 0 Å². The van der Waals surface area contributed by atoms with Crippen LogP contribution in [-0.4, -0.2) is 18.0 Å². The Kier molecular flexibility index (Phi) is 5.60. The topological polar surface area (TPSA) is 51.2 Å². The van der Waals surface area contributed by atoms with Crippen LogP contribution in [-0.2, 0) is 5.75 Å². The molecule has 1 N–H and O–H groups in total. The number of rotatable bonds is 6. The van der Waals surface area contributed by atoms with Crippen LogP contribution in [0.3, 0.4) is 0 Å². The van der Waals surface area contributed by atoms with Gasteiger partial charge in [0.05, 0.1) is 22.9 Å². The Morgan fingerprint density at radius 2 is 1.86 bits per heavy atom. The molecule has 0 fully saturated rings. The van der Waals surface area contributed by atoms with Crippen molar-refractivity contribution >= 4 is 44.9 Å². The Bertz CT molecular complexity index is 1110. The molecule has 0 aliphatic rings. The van der Waals surface area contributed by atoms with E-state index in [1.165, 1.54) is 5.56 Å². The molecule has 4 rings (SSSR count). The number of para-hydroxylation sites is 1. The minimum absolute atomic E-state index is 0.194. The number of amides is 1. The first-order valence-electron chi connectivity index (χ1n) is 8.74. The lowest BCUT2D eigenvalue weighted by molar-refractivity contribution is 0.102. The molecule has 1 amide bonds. The lowest BCUT2D eigenvalue weighted by atomic mass is 10.2. The molecule has 0 saturated heterocycles. The van der Waals surface area contributed by atoms with E-state index in [1.54, 1.807) is 42.3 Å². The van der Waals surface area contributed by atoms with Gasteiger partial charge < -0.3 is 10.1 Å². The summed E-state index contributed by atoms with van der Waals surface area (Å²) in [7, 11) is 1.56. The molecule has 0 aliphatic carbocycles. The van der Waals surface area contributed by atoms with Gasteiger partial charge in [-0.05, 0) is 35.9 Å². The Balaban J connectivity index is 1.49. The molecule has 4 aromatic rings. The number of fused-ring (bicyclic) bond motifs is 1. The summed E-state index contributed by atoms with van der Waals surface area (Å²) in [6.07, 6.45) is 0. The molecule has 0 radical (unpaired) electrons. The molecular formula is C22H18N2O2S2. The van der Waals surface area contributed by atoms with Crippen molar-refractivity contribution in [1.29, 1.82) is 0 Å². The zero-order valence-corrected chi connectivity index (χ0v) is 16.8. The van der Waals surface area contributed by atoms with Crippen LogP contribution in [0.1, 0.15) is 15.9 Å². The molecule has 0 unspecified atom stereocenters. The highest BCUT2D eigenvalue weighted by atomic mass is 32.2. The van der Waals surface area contributed by atoms with Gasteiger partial charge in [-0.3, -0.25) is 4.79 Å². The number of methoxy groups -OCH3 is 1. The Hall–Kier alpha value is -2.83. The number of thiazole rings is 1. The summed E-state index contributed by atoms with van der Waals surface area (Å²) >= 11 is 3.36. The number of carbonyl (C=O) groups excluding carboxylic acids is 1. The van der Waals surface area contributed by atoms with E-state index in [4.69, 9.17) is 4.74 Å². The molecule has 0 saturated carbocycles. The first-order valence-corrected chi connectivity index (χ1v) is 10.5. The second-order valence-corrected chi connectivity index (χ2v) is 8.34. The normalized spacial score (nSPS) is 10.8. The Labute approximate surface area is 171 Å². The zero-order chi connectivity index (χ0) is 19.3. The van der Waals surface area contributed by atoms with Gasteiger partial charge in [-0.2, -0.15) is 0 Å². The minimum Gasteiger partial charge on any atom is -0.496 e. The van der Waals surface area contributed by atoms with Crippen LogP contribution >= 0.6 is 23.1 Å². The van der Waals surface area contributed by atoms with Gasteiger partial charge in [-0.1, -0.05) is 54.2 Å². The van der Waals surface area contributed by atoms with E-state index in [0.29, 0.717) is 11.3 Å². The van der Waals surface area contributed by atoms with Gasteiger partial charge in [0, 0.05) is 11.4 Å². The highest BCUT2D eigenvalue weighted by Crippen LogP contribution is 2.33. The van der Waals surface area contributed by atoms with Crippen LogP contribution in [0.15, 0.2) is 77.1 Å². The highest BCUT2D eigenvalue weighted by Gasteiger charge is 2.12. The van der Waals surface area contributed by atoms with Gasteiger partial charge in [-0.25, -0.2) is 4.98 Å². The van der Waals surface area contributed by atoms with Crippen molar-refractivity contribution in [1.82, 2.24) is 4.98 Å². The maximum Gasteiger partial charge on any atom is 0.259 e. The fourth-order valence-corrected chi connectivity index (χ4v) is 4.86. The van der Waals surface area contributed by atoms with E-state index < -0.39 is 0 Å². The SMILES string of the molecule is COc1ccccc1C(=O)Nc1ccc2nc(SCc3ccccc3)sc2c1. The molecular weight excluding hydrogens is 388 g/mol. The molecule has 0 bridgehead atoms. The van der Waals surface area contributed by atoms with Crippen LogP contribution in [0.2, 0.25) is 0 Å². The number of aromatic nitrogens is 1. The molecule has 28 heavy (non-hydrogen) atoms. The van der Waals surface area contributed by atoms with Gasteiger partial charge in [0.15, 0.2) is 4.34 Å². The zero-order valence-electron chi connectivity index (χ0n) is 15.2. The first kappa shape index (κ1) is 18.5. The predicted octanol–water partition coefficient (Wildman–Crippen LogP) is 5.85. The van der Waals surface area contributed by atoms with Crippen LogP contribution < -0.4 is 10.1 Å². The number of hydrogen-bond donors (Lipinski definition) is 1. The number of ether oxygens (including phenoxy) is 1. The lowest BCUT2D eigenvalue weighted by Gasteiger charge is -2.09. The largest absolute Gasteiger partial charge is 0.496 e. The summed E-state index contributed by atoms with van der Waals surface area (Å²) in [5.74, 6) is 1.25. The third-order valence-electron chi connectivity index (χ3n) is 4.18. The maximum absolute atomic E-state index is 12.6. The monoisotopic (exact) mass is 406 g/mol. The third kappa shape index (κ3) is 4.18. The van der Waals surface area contributed by atoms with E-state index in [1.807, 2.05) is 48.5 Å². The molecule has 0 aliphatic heterocycles. The molecule has 6 heteroatoms. The predicted molar refractivity (Wildman–Crippen MR) is 117 cm³/mol. The number of thioether (sulfide) groups is 1. The van der Waals surface area contributed by atoms with Crippen LogP contribution in [0.25, 0.3) is 10.2 Å². The summed E-state index contributed by atoms with van der Waals surface area (Å²) in [6, 6.07) is 23.3. The maximum atomic E-state index is 12.6. The summed E-state index contributed by atoms with van der Waals surface area (Å²) < 4.78 is 7.34. The average molecular weight is 407 g/mol. The van der Waals surface area contributed by atoms with Gasteiger partial charge >= 0.3 is 0 Å². The third-order valence-corrected chi connectivity index (χ3v) is 6.42. The lowest BCUT2D eigenvalue weighted by Crippen LogP contribution is -2.12. The van der Waals surface area contributed by atoms with E-state index in [2.05, 4.69) is 22.4 Å². The van der Waals surface area contributed by atoms with E-state index >= 15 is 0 Å². The fraction of sp³-hybridized carbons (Fsp3) is 0.0909. The smallest absolute Gasteiger partial charge is 0.259 e. The summed E-state index contributed by atoms with van der Waals surface area (Å²) in [6.45, 7) is 0. The van der Waals surface area contributed by atoms with Crippen LogP contribution in [0.4, 0.5) is 5.69 Å². The highest BCUT2D eigenvalue weighted by molar-refractivity contribution is 8.00. The van der Waals surface area contributed by atoms with Crippen molar-refractivity contribution in [3.8, 4) is 5.75 Å². The standard InChI is InChI=1S/C22H18N2O2S2/c1-26-19-10-6-5-9-17(19)21(25)23-16-11-12-18-20(13-16)28-22(24-18)27-14-15-7-3-2-4-8-15/h2-13H,14H2,1H3,(H,23,25). The van der Waals surface area contributed by atoms with Crippen molar-refractivity contribution in [3.63, 3.8) is 0 Å². The first-order chi connectivity index (χ1) is 13.7. The Morgan fingerprint density at radius 3 is 2.68 bits per heavy atom. The van der Waals surface area contributed by atoms with Gasteiger partial charge in [0.25, 0.3) is 5.91 Å². The minimum atomic E-state index is -0.194. The van der Waals surface area contributed by atoms with E-state index in [9.17, 15) is 4.79 Å². The summed E-state index contributed by atoms with van der Waals surface area (Å²) in [5.41, 5.74) is 3.47. The summed E-state index contributed by atoms with van der Waals surface area (Å²) in [5, 5.41) is 2.95. The van der Waals surface area contributed by atoms with Crippen molar-refractivity contribution < 1.29 is 9.53 Å². The molecule has 1 heterocycles. The van der Waals surface area contributed by atoms with Crippen LogP contribution in [0, 0.1) is 0 Å². The number of nitrogens with one attached hydrogen (secondary N) is 1. The van der Waals surface area contributed by atoms with Gasteiger partial charge in [-0.15, -0.1) is 11.3 Å². The second-order valence-electron chi connectivity index (χ2n) is 6.09. The second kappa shape index (κ2) is 8.46. The van der Waals surface area contributed by atoms with Gasteiger partial charge in [0.1, 0.15) is 5.75 Å². The fourth-order valence-electron chi connectivity index (χ4n) is 2.79. The number of carbonyl (C=O) groups is 1. The number of nitrogens with zero attached hydrogens (tertiary/aromatic N) is 1. The molecule has 0 spiro atoms. The number of hydrogen-bond acceptors (Lipinski definition) is 5. The molecule has 140 valence electrons. The van der Waals surface area contributed by atoms with Crippen molar-refractivity contribution in [2.75, 3.05) is 12.4 Å². The molecule has 0 atom stereocenters. The van der Waals surface area contributed by atoms with E-state index in [0.717, 1.165) is 26.0 Å². The quantitative estimate of drug-likeness (QED) is 0.408. The summed E-state index contributed by atoms with van der Waals surface area (Å²) in [4.78, 5) is 17.3. The van der Waals surface area contributed by atoms with Crippen molar-refractivity contribution in [2.45, 2.75) is 10.1 Å². The van der Waals surface area contributed by atoms with Crippen LogP contribution in [0.5, 0.6) is 5.75 Å². The molecule has 1 aromatic heterocycles. The van der Waals surface area contributed by atoms with Crippen molar-refractivity contribution in [3.05, 3.63) is 83.9 Å². The van der Waals surface area contributed by atoms with E-state index in [-0.39, 0.29) is 5.91 Å². The number of benzene rings is 3.